The van der Waals surface area contributed by atoms with Gasteiger partial charge in [0.2, 0.25) is 0 Å². The van der Waals surface area contributed by atoms with Crippen molar-refractivity contribution in [2.75, 3.05) is 19.5 Å². The Bertz CT molecular complexity index is 1080. The van der Waals surface area contributed by atoms with Crippen LogP contribution in [0.3, 0.4) is 0 Å². The van der Waals surface area contributed by atoms with E-state index in [1.807, 2.05) is 40.2 Å². The summed E-state index contributed by atoms with van der Waals surface area (Å²) in [5.74, 6) is 1.23. The summed E-state index contributed by atoms with van der Waals surface area (Å²) in [4.78, 5) is 18.2. The van der Waals surface area contributed by atoms with E-state index in [-0.39, 0.29) is 5.91 Å². The van der Waals surface area contributed by atoms with E-state index in [0.29, 0.717) is 11.4 Å². The summed E-state index contributed by atoms with van der Waals surface area (Å²) >= 11 is 1.48. The molecule has 6 nitrogen and oxygen atoms in total. The van der Waals surface area contributed by atoms with Gasteiger partial charge in [0.15, 0.2) is 10.7 Å². The number of amides is 1. The summed E-state index contributed by atoms with van der Waals surface area (Å²) in [6.07, 6.45) is 1.91. The summed E-state index contributed by atoms with van der Waals surface area (Å²) in [7, 11) is 3.23. The van der Waals surface area contributed by atoms with Crippen molar-refractivity contribution in [1.29, 1.82) is 0 Å². The van der Waals surface area contributed by atoms with Gasteiger partial charge >= 0.3 is 0 Å². The smallest absolute Gasteiger partial charge is 0.276 e. The monoisotopic (exact) mass is 379 g/mol. The average Bonchev–Trinajstić information content (AvgIpc) is 3.30. The van der Waals surface area contributed by atoms with E-state index in [1.54, 1.807) is 38.5 Å². The highest BCUT2D eigenvalue weighted by Gasteiger charge is 2.21. The Hall–Kier alpha value is -3.32. The Labute approximate surface area is 160 Å². The van der Waals surface area contributed by atoms with E-state index in [0.717, 1.165) is 27.7 Å². The van der Waals surface area contributed by atoms with Gasteiger partial charge in [-0.15, -0.1) is 11.3 Å². The molecule has 0 saturated carbocycles. The fourth-order valence-electron chi connectivity index (χ4n) is 2.83. The number of ether oxygens (including phenoxy) is 2. The number of aromatic nitrogens is 2. The van der Waals surface area contributed by atoms with Crippen LogP contribution >= 0.6 is 11.3 Å². The van der Waals surface area contributed by atoms with Gasteiger partial charge in [-0.2, -0.15) is 0 Å². The molecule has 2 heterocycles. The summed E-state index contributed by atoms with van der Waals surface area (Å²) in [5, 5.41) is 4.85. The fraction of sp³-hybridized carbons (Fsp3) is 0.100. The van der Waals surface area contributed by atoms with Crippen LogP contribution in [0.4, 0.5) is 5.69 Å². The minimum Gasteiger partial charge on any atom is -0.497 e. The molecule has 7 heteroatoms. The number of thiazole rings is 1. The number of carbonyl (C=O) groups excluding carboxylic acids is 1. The molecule has 0 fully saturated rings. The van der Waals surface area contributed by atoms with Gasteiger partial charge in [0, 0.05) is 22.8 Å². The molecule has 0 atom stereocenters. The third-order valence-electron chi connectivity index (χ3n) is 4.19. The fourth-order valence-corrected chi connectivity index (χ4v) is 3.55. The molecule has 0 unspecified atom stereocenters. The zero-order chi connectivity index (χ0) is 18.8. The average molecular weight is 379 g/mol. The van der Waals surface area contributed by atoms with E-state index < -0.39 is 0 Å². The summed E-state index contributed by atoms with van der Waals surface area (Å²) in [6.45, 7) is 0. The molecule has 4 aromatic rings. The lowest BCUT2D eigenvalue weighted by molar-refractivity contribution is 0.102. The Balaban J connectivity index is 1.71. The van der Waals surface area contributed by atoms with Gasteiger partial charge in [0.05, 0.1) is 19.9 Å². The van der Waals surface area contributed by atoms with Crippen LogP contribution in [0.5, 0.6) is 11.5 Å². The number of nitrogens with one attached hydrogen (secondary N) is 1. The molecule has 0 spiro atoms. The quantitative estimate of drug-likeness (QED) is 0.560. The van der Waals surface area contributed by atoms with Crippen molar-refractivity contribution < 1.29 is 14.3 Å². The number of carbonyl (C=O) groups is 1. The van der Waals surface area contributed by atoms with Gasteiger partial charge in [-0.1, -0.05) is 0 Å². The number of benzene rings is 2. The van der Waals surface area contributed by atoms with Crippen molar-refractivity contribution >= 4 is 27.9 Å². The van der Waals surface area contributed by atoms with E-state index in [4.69, 9.17) is 9.47 Å². The maximum absolute atomic E-state index is 12.9. The van der Waals surface area contributed by atoms with Gasteiger partial charge in [0.25, 0.3) is 5.91 Å². The highest BCUT2D eigenvalue weighted by molar-refractivity contribution is 7.15. The van der Waals surface area contributed by atoms with Crippen LogP contribution in [0.1, 0.15) is 10.5 Å². The molecule has 1 amide bonds. The topological polar surface area (TPSA) is 64.9 Å². The lowest BCUT2D eigenvalue weighted by Crippen LogP contribution is -2.13. The van der Waals surface area contributed by atoms with E-state index in [9.17, 15) is 4.79 Å². The maximum atomic E-state index is 12.9. The third kappa shape index (κ3) is 3.24. The number of anilines is 1. The third-order valence-corrected chi connectivity index (χ3v) is 4.95. The molecular formula is C20H17N3O3S. The number of rotatable bonds is 5. The van der Waals surface area contributed by atoms with Crippen LogP contribution in [-0.2, 0) is 0 Å². The molecule has 0 radical (unpaired) electrons. The minimum atomic E-state index is -0.262. The maximum Gasteiger partial charge on any atom is 0.276 e. The molecule has 2 aromatic heterocycles. The molecule has 4 rings (SSSR count). The second-order valence-electron chi connectivity index (χ2n) is 5.78. The Morgan fingerprint density at radius 3 is 2.26 bits per heavy atom. The first-order valence-electron chi connectivity index (χ1n) is 8.25. The first-order valence-corrected chi connectivity index (χ1v) is 9.13. The predicted octanol–water partition coefficient (Wildman–Crippen LogP) is 4.33. The highest BCUT2D eigenvalue weighted by Crippen LogP contribution is 2.29. The molecule has 2 aromatic carbocycles. The van der Waals surface area contributed by atoms with Crippen LogP contribution < -0.4 is 14.8 Å². The molecule has 0 bridgehead atoms. The van der Waals surface area contributed by atoms with Gasteiger partial charge in [-0.05, 0) is 48.5 Å². The van der Waals surface area contributed by atoms with E-state index in [2.05, 4.69) is 10.3 Å². The van der Waals surface area contributed by atoms with Gasteiger partial charge in [-0.3, -0.25) is 9.20 Å². The first kappa shape index (κ1) is 17.1. The van der Waals surface area contributed by atoms with Crippen molar-refractivity contribution in [2.45, 2.75) is 0 Å². The van der Waals surface area contributed by atoms with Crippen molar-refractivity contribution in [3.8, 4) is 22.8 Å². The molecule has 136 valence electrons. The predicted molar refractivity (Wildman–Crippen MR) is 106 cm³/mol. The molecule has 0 saturated heterocycles. The van der Waals surface area contributed by atoms with E-state index >= 15 is 0 Å². The minimum absolute atomic E-state index is 0.262. The van der Waals surface area contributed by atoms with Gasteiger partial charge in [-0.25, -0.2) is 4.98 Å². The molecule has 0 aliphatic heterocycles. The standard InChI is InChI=1S/C20H17N3O3S/c1-25-15-7-3-13(4-8-15)18-17(22-20-23(18)11-12-27-20)19(24)21-14-5-9-16(26-2)10-6-14/h3-12H,1-2H3,(H,21,24). The second-order valence-corrected chi connectivity index (χ2v) is 6.65. The Kier molecular flexibility index (Phi) is 4.52. The van der Waals surface area contributed by atoms with Crippen LogP contribution in [0.2, 0.25) is 0 Å². The molecule has 0 aliphatic rings. The lowest BCUT2D eigenvalue weighted by Gasteiger charge is -2.08. The van der Waals surface area contributed by atoms with E-state index in [1.165, 1.54) is 11.3 Å². The zero-order valence-corrected chi connectivity index (χ0v) is 15.6. The first-order chi connectivity index (χ1) is 13.2. The molecule has 27 heavy (non-hydrogen) atoms. The molecule has 1 N–H and O–H groups in total. The summed E-state index contributed by atoms with van der Waals surface area (Å²) in [6, 6.07) is 14.8. The highest BCUT2D eigenvalue weighted by atomic mass is 32.1. The van der Waals surface area contributed by atoms with Crippen LogP contribution in [-0.4, -0.2) is 29.5 Å². The normalized spacial score (nSPS) is 10.7. The SMILES string of the molecule is COc1ccc(NC(=O)c2nc3sccn3c2-c2ccc(OC)cc2)cc1. The second kappa shape index (κ2) is 7.13. The van der Waals surface area contributed by atoms with Crippen LogP contribution in [0.15, 0.2) is 60.1 Å². The number of imidazole rings is 1. The van der Waals surface area contributed by atoms with Crippen molar-refractivity contribution in [3.63, 3.8) is 0 Å². The largest absolute Gasteiger partial charge is 0.497 e. The summed E-state index contributed by atoms with van der Waals surface area (Å²) < 4.78 is 12.3. The van der Waals surface area contributed by atoms with Gasteiger partial charge in [0.1, 0.15) is 11.5 Å². The Morgan fingerprint density at radius 2 is 1.63 bits per heavy atom. The summed E-state index contributed by atoms with van der Waals surface area (Å²) in [5.41, 5.74) is 2.70. The van der Waals surface area contributed by atoms with Gasteiger partial charge < -0.3 is 14.8 Å². The number of hydrogen-bond donors (Lipinski definition) is 1. The number of methoxy groups -OCH3 is 2. The van der Waals surface area contributed by atoms with Crippen molar-refractivity contribution in [2.24, 2.45) is 0 Å². The lowest BCUT2D eigenvalue weighted by atomic mass is 10.1. The number of fused-ring (bicyclic) bond motifs is 1. The molecular weight excluding hydrogens is 362 g/mol. The number of hydrogen-bond acceptors (Lipinski definition) is 5. The van der Waals surface area contributed by atoms with Crippen molar-refractivity contribution in [3.05, 3.63) is 65.8 Å². The number of nitrogens with zero attached hydrogens (tertiary/aromatic N) is 2. The van der Waals surface area contributed by atoms with Crippen molar-refractivity contribution in [1.82, 2.24) is 9.38 Å². The van der Waals surface area contributed by atoms with Crippen LogP contribution in [0, 0.1) is 0 Å². The Morgan fingerprint density at radius 1 is 1.00 bits per heavy atom. The van der Waals surface area contributed by atoms with Crippen LogP contribution in [0.25, 0.3) is 16.2 Å². The molecule has 0 aliphatic carbocycles. The zero-order valence-electron chi connectivity index (χ0n) is 14.8.